The first-order chi connectivity index (χ1) is 6.67. The van der Waals surface area contributed by atoms with Gasteiger partial charge in [0.15, 0.2) is 6.29 Å². The van der Waals surface area contributed by atoms with Crippen LogP contribution in [0.3, 0.4) is 0 Å². The van der Waals surface area contributed by atoms with Crippen LogP contribution < -0.4 is 0 Å². The van der Waals surface area contributed by atoms with E-state index in [0.717, 1.165) is 6.42 Å². The summed E-state index contributed by atoms with van der Waals surface area (Å²) < 4.78 is 0. The normalized spacial score (nSPS) is 13.3. The van der Waals surface area contributed by atoms with Crippen molar-refractivity contribution < 1.29 is 9.72 Å². The molecule has 0 amide bonds. The summed E-state index contributed by atoms with van der Waals surface area (Å²) in [6.45, 7) is 3.55. The third-order valence-corrected chi connectivity index (χ3v) is 1.48. The average molecular weight is 195 g/mol. The summed E-state index contributed by atoms with van der Waals surface area (Å²) in [7, 11) is 0. The minimum Gasteiger partial charge on any atom is -0.298 e. The molecule has 0 saturated heterocycles. The van der Waals surface area contributed by atoms with Crippen molar-refractivity contribution in [3.05, 3.63) is 45.7 Å². The van der Waals surface area contributed by atoms with Crippen molar-refractivity contribution in [2.24, 2.45) is 0 Å². The Kier molecular flexibility index (Phi) is 5.94. The summed E-state index contributed by atoms with van der Waals surface area (Å²) in [4.78, 5) is 20.6. The number of hydrogen-bond acceptors (Lipinski definition) is 3. The van der Waals surface area contributed by atoms with Crippen molar-refractivity contribution in [3.63, 3.8) is 0 Å². The van der Waals surface area contributed by atoms with E-state index in [9.17, 15) is 14.9 Å². The van der Waals surface area contributed by atoms with Crippen LogP contribution in [0.15, 0.2) is 35.6 Å². The van der Waals surface area contributed by atoms with Gasteiger partial charge >= 0.3 is 0 Å². The third-order valence-electron chi connectivity index (χ3n) is 1.48. The molecule has 0 heterocycles. The van der Waals surface area contributed by atoms with Crippen molar-refractivity contribution in [3.8, 4) is 0 Å². The van der Waals surface area contributed by atoms with Gasteiger partial charge in [0.1, 0.15) is 0 Å². The molecule has 0 N–H and O–H groups in total. The highest BCUT2D eigenvalue weighted by Crippen LogP contribution is 2.07. The van der Waals surface area contributed by atoms with Gasteiger partial charge in [-0.3, -0.25) is 14.9 Å². The number of hydrogen-bond donors (Lipinski definition) is 0. The molecule has 0 saturated carbocycles. The smallest absolute Gasteiger partial charge is 0.279 e. The maximum atomic E-state index is 10.6. The lowest BCUT2D eigenvalue weighted by molar-refractivity contribution is -0.419. The van der Waals surface area contributed by atoms with Crippen LogP contribution in [0, 0.1) is 10.1 Å². The Bertz CT molecular complexity index is 300. The Morgan fingerprint density at radius 3 is 2.43 bits per heavy atom. The molecule has 4 nitrogen and oxygen atoms in total. The van der Waals surface area contributed by atoms with Crippen molar-refractivity contribution in [2.75, 3.05) is 0 Å². The third kappa shape index (κ3) is 3.80. The minimum atomic E-state index is -0.566. The van der Waals surface area contributed by atoms with Gasteiger partial charge < -0.3 is 0 Å². The molecule has 0 spiro atoms. The molecule has 0 atom stereocenters. The van der Waals surface area contributed by atoms with Gasteiger partial charge in [-0.2, -0.15) is 0 Å². The van der Waals surface area contributed by atoms with Crippen molar-refractivity contribution in [1.82, 2.24) is 0 Å². The predicted molar refractivity (Wildman–Crippen MR) is 54.3 cm³/mol. The zero-order valence-corrected chi connectivity index (χ0v) is 8.27. The predicted octanol–water partition coefficient (Wildman–Crippen LogP) is 2.26. The molecule has 0 aliphatic rings. The van der Waals surface area contributed by atoms with Crippen LogP contribution in [0.5, 0.6) is 0 Å². The highest BCUT2D eigenvalue weighted by molar-refractivity contribution is 5.78. The lowest BCUT2D eigenvalue weighted by Gasteiger charge is -1.93. The molecule has 0 aliphatic carbocycles. The number of allylic oxidation sites excluding steroid dienone is 5. The summed E-state index contributed by atoms with van der Waals surface area (Å²) in [6.07, 6.45) is 7.23. The first-order valence-electron chi connectivity index (χ1n) is 4.30. The number of rotatable bonds is 5. The van der Waals surface area contributed by atoms with Crippen LogP contribution >= 0.6 is 0 Å². The number of nitrogens with zero attached hydrogens (tertiary/aromatic N) is 1. The highest BCUT2D eigenvalue weighted by atomic mass is 16.6. The van der Waals surface area contributed by atoms with Gasteiger partial charge in [0.05, 0.1) is 10.5 Å². The number of carbonyl (C=O) groups excluding carboxylic acids is 1. The Balaban J connectivity index is 5.18. The van der Waals surface area contributed by atoms with E-state index in [0.29, 0.717) is 6.29 Å². The molecule has 0 aliphatic heterocycles. The van der Waals surface area contributed by atoms with Gasteiger partial charge in [0, 0.05) is 6.08 Å². The van der Waals surface area contributed by atoms with E-state index in [1.807, 2.05) is 6.92 Å². The van der Waals surface area contributed by atoms with E-state index < -0.39 is 4.92 Å². The molecule has 0 aromatic rings. The van der Waals surface area contributed by atoms with Gasteiger partial charge in [-0.15, -0.1) is 0 Å². The Hall–Kier alpha value is -1.71. The topological polar surface area (TPSA) is 60.2 Å². The molecule has 4 heteroatoms. The second-order valence-electron chi connectivity index (χ2n) is 2.53. The van der Waals surface area contributed by atoms with E-state index in [1.54, 1.807) is 13.0 Å². The molecule has 14 heavy (non-hydrogen) atoms. The quantitative estimate of drug-likeness (QED) is 0.222. The van der Waals surface area contributed by atoms with Gasteiger partial charge in [0.2, 0.25) is 0 Å². The SMILES string of the molecule is C\C=C/C(=C(C=O)\C=C/CC)[N+](=O)[O-]. The number of nitro groups is 1. The first kappa shape index (κ1) is 12.3. The largest absolute Gasteiger partial charge is 0.298 e. The molecule has 0 bridgehead atoms. The summed E-state index contributed by atoms with van der Waals surface area (Å²) in [6, 6.07) is 0. The fourth-order valence-electron chi connectivity index (χ4n) is 0.850. The lowest BCUT2D eigenvalue weighted by Crippen LogP contribution is -2.00. The first-order valence-corrected chi connectivity index (χ1v) is 4.30. The fourth-order valence-corrected chi connectivity index (χ4v) is 0.850. The van der Waals surface area contributed by atoms with Gasteiger partial charge in [-0.25, -0.2) is 0 Å². The zero-order chi connectivity index (χ0) is 11.0. The molecular formula is C10H13NO3. The molecule has 0 unspecified atom stereocenters. The Morgan fingerprint density at radius 1 is 1.43 bits per heavy atom. The van der Waals surface area contributed by atoms with Crippen LogP contribution in [0.2, 0.25) is 0 Å². The summed E-state index contributed by atoms with van der Waals surface area (Å²) in [5, 5.41) is 10.6. The number of carbonyl (C=O) groups is 1. The van der Waals surface area contributed by atoms with Crippen molar-refractivity contribution >= 4 is 6.29 Å². The molecule has 76 valence electrons. The van der Waals surface area contributed by atoms with Crippen LogP contribution in [0.25, 0.3) is 0 Å². The second kappa shape index (κ2) is 6.77. The van der Waals surface area contributed by atoms with Gasteiger partial charge in [0.25, 0.3) is 5.70 Å². The van der Waals surface area contributed by atoms with E-state index >= 15 is 0 Å². The monoisotopic (exact) mass is 195 g/mol. The maximum absolute atomic E-state index is 10.6. The Labute approximate surface area is 82.8 Å². The summed E-state index contributed by atoms with van der Waals surface area (Å²) in [5.41, 5.74) is -0.0813. The Morgan fingerprint density at radius 2 is 2.07 bits per heavy atom. The average Bonchev–Trinajstić information content (AvgIpc) is 2.17. The molecule has 0 aromatic heterocycles. The van der Waals surface area contributed by atoms with E-state index in [4.69, 9.17) is 0 Å². The zero-order valence-electron chi connectivity index (χ0n) is 8.27. The maximum Gasteiger partial charge on any atom is 0.279 e. The summed E-state index contributed by atoms with van der Waals surface area (Å²) >= 11 is 0. The summed E-state index contributed by atoms with van der Waals surface area (Å²) in [5.74, 6) is 0. The number of aldehydes is 1. The van der Waals surface area contributed by atoms with Crippen LogP contribution in [-0.4, -0.2) is 11.2 Å². The van der Waals surface area contributed by atoms with E-state index in [1.165, 1.54) is 18.2 Å². The van der Waals surface area contributed by atoms with Crippen molar-refractivity contribution in [2.45, 2.75) is 20.3 Å². The highest BCUT2D eigenvalue weighted by Gasteiger charge is 2.11. The van der Waals surface area contributed by atoms with Gasteiger partial charge in [-0.1, -0.05) is 19.1 Å². The molecular weight excluding hydrogens is 182 g/mol. The van der Waals surface area contributed by atoms with Gasteiger partial charge in [-0.05, 0) is 19.4 Å². The fraction of sp³-hybridized carbons (Fsp3) is 0.300. The van der Waals surface area contributed by atoms with Crippen molar-refractivity contribution in [1.29, 1.82) is 0 Å². The minimum absolute atomic E-state index is 0.0925. The van der Waals surface area contributed by atoms with Crippen LogP contribution in [0.1, 0.15) is 20.3 Å². The molecule has 0 fully saturated rings. The molecule has 0 aromatic carbocycles. The van der Waals surface area contributed by atoms with E-state index in [-0.39, 0.29) is 11.3 Å². The van der Waals surface area contributed by atoms with E-state index in [2.05, 4.69) is 0 Å². The van der Waals surface area contributed by atoms with Crippen LogP contribution in [0.4, 0.5) is 0 Å². The standard InChI is InChI=1S/C10H13NO3/c1-3-5-7-9(8-12)10(6-4-2)11(13)14/h4-8H,3H2,1-2H3/b6-4-,7-5-,10-9-. The lowest BCUT2D eigenvalue weighted by atomic mass is 10.2. The van der Waals surface area contributed by atoms with Crippen LogP contribution in [-0.2, 0) is 4.79 Å². The molecule has 0 rings (SSSR count). The second-order valence-corrected chi connectivity index (χ2v) is 2.53. The molecule has 0 radical (unpaired) electrons.